The van der Waals surface area contributed by atoms with E-state index >= 15 is 0 Å². The Hall–Kier alpha value is -2.86. The Kier molecular flexibility index (Phi) is 7.27. The number of sulfonamides is 1. The molecule has 0 bridgehead atoms. The average molecular weight is 479 g/mol. The summed E-state index contributed by atoms with van der Waals surface area (Å²) in [5.74, 6) is -0.184. The van der Waals surface area contributed by atoms with Crippen molar-refractivity contribution in [3.8, 4) is 0 Å². The number of hydrogen-bond donors (Lipinski definition) is 1. The van der Waals surface area contributed by atoms with Crippen molar-refractivity contribution in [2.45, 2.75) is 51.2 Å². The smallest absolute Gasteiger partial charge is 0.264 e. The van der Waals surface area contributed by atoms with Crippen molar-refractivity contribution in [1.29, 1.82) is 0 Å². The Labute approximate surface area is 203 Å². The Balaban J connectivity index is 1.82. The van der Waals surface area contributed by atoms with Gasteiger partial charge in [-0.15, -0.1) is 0 Å². The number of carbonyl (C=O) groups is 1. The van der Waals surface area contributed by atoms with Crippen molar-refractivity contribution in [2.75, 3.05) is 18.5 Å². The Morgan fingerprint density at radius 2 is 1.85 bits per heavy atom. The topological polar surface area (TPSA) is 66.5 Å². The molecule has 1 fully saturated rings. The zero-order valence-corrected chi connectivity index (χ0v) is 21.1. The highest BCUT2D eigenvalue weighted by Crippen LogP contribution is 2.38. The largest absolute Gasteiger partial charge is 0.370 e. The molecule has 34 heavy (non-hydrogen) atoms. The van der Waals surface area contributed by atoms with E-state index in [2.05, 4.69) is 66.0 Å². The second kappa shape index (κ2) is 10.2. The summed E-state index contributed by atoms with van der Waals surface area (Å²) in [5.41, 5.74) is 6.00. The Bertz CT molecular complexity index is 1230. The molecule has 0 aromatic heterocycles. The summed E-state index contributed by atoms with van der Waals surface area (Å²) in [6.45, 7) is 5.10. The Morgan fingerprint density at radius 3 is 2.53 bits per heavy atom. The minimum absolute atomic E-state index is 0.360. The van der Waals surface area contributed by atoms with Crippen LogP contribution in [-0.2, 0) is 10.0 Å². The SMILES string of the molecule is CCCC(CC)/C1=C\c2ccccc2/C=C\CN(C)c2cc(C(=O)NS(=O)(=O)C3CC3)ccc21. The third kappa shape index (κ3) is 5.27. The van der Waals surface area contributed by atoms with Gasteiger partial charge in [-0.05, 0) is 60.4 Å². The first-order chi connectivity index (χ1) is 16.3. The monoisotopic (exact) mass is 478 g/mol. The van der Waals surface area contributed by atoms with Crippen molar-refractivity contribution >= 4 is 39.3 Å². The van der Waals surface area contributed by atoms with E-state index in [0.717, 1.165) is 30.5 Å². The molecule has 1 aliphatic carbocycles. The number of nitrogens with one attached hydrogen (secondary N) is 1. The van der Waals surface area contributed by atoms with Gasteiger partial charge in [0.15, 0.2) is 0 Å². The van der Waals surface area contributed by atoms with Gasteiger partial charge in [0.1, 0.15) is 0 Å². The maximum atomic E-state index is 12.9. The number of amides is 1. The van der Waals surface area contributed by atoms with Crippen LogP contribution in [0.3, 0.4) is 0 Å². The van der Waals surface area contributed by atoms with Gasteiger partial charge < -0.3 is 4.90 Å². The summed E-state index contributed by atoms with van der Waals surface area (Å²) in [6, 6.07) is 14.0. The molecule has 6 heteroatoms. The third-order valence-corrected chi connectivity index (χ3v) is 8.55. The Morgan fingerprint density at radius 1 is 1.12 bits per heavy atom. The fourth-order valence-corrected chi connectivity index (χ4v) is 5.92. The molecule has 2 aromatic carbocycles. The van der Waals surface area contributed by atoms with Crippen molar-refractivity contribution in [3.05, 3.63) is 70.8 Å². The first-order valence-electron chi connectivity index (χ1n) is 12.2. The van der Waals surface area contributed by atoms with Crippen LogP contribution in [0.5, 0.6) is 0 Å². The van der Waals surface area contributed by atoms with Crippen LogP contribution in [0.4, 0.5) is 5.69 Å². The zero-order chi connectivity index (χ0) is 24.3. The lowest BCUT2D eigenvalue weighted by Crippen LogP contribution is -2.33. The lowest BCUT2D eigenvalue weighted by atomic mass is 9.84. The van der Waals surface area contributed by atoms with Crippen LogP contribution in [0.15, 0.2) is 48.5 Å². The van der Waals surface area contributed by atoms with Crippen molar-refractivity contribution in [2.24, 2.45) is 5.92 Å². The van der Waals surface area contributed by atoms with Crippen LogP contribution in [-0.4, -0.2) is 33.2 Å². The van der Waals surface area contributed by atoms with Crippen molar-refractivity contribution < 1.29 is 13.2 Å². The van der Waals surface area contributed by atoms with E-state index in [-0.39, 0.29) is 0 Å². The lowest BCUT2D eigenvalue weighted by molar-refractivity contribution is 0.0981. The van der Waals surface area contributed by atoms with Gasteiger partial charge in [0.25, 0.3) is 5.91 Å². The standard InChI is InChI=1S/C28H34N2O3S/c1-4-9-20(5-2)26-18-22-11-7-6-10-21(22)12-8-17-30(3)27-19-23(13-16-25(26)27)28(31)29-34(32,33)24-14-15-24/h6-8,10-13,16,18-20,24H,4-5,9,14-15,17H2,1-3H3,(H,29,31)/b12-8-,26-18+. The normalized spacial score (nSPS) is 19.3. The molecular weight excluding hydrogens is 444 g/mol. The van der Waals surface area contributed by atoms with Gasteiger partial charge in [-0.3, -0.25) is 4.79 Å². The van der Waals surface area contributed by atoms with E-state index in [1.54, 1.807) is 6.07 Å². The summed E-state index contributed by atoms with van der Waals surface area (Å²) in [6.07, 6.45) is 11.0. The number of fused-ring (bicyclic) bond motifs is 2. The number of anilines is 1. The number of hydrogen-bond acceptors (Lipinski definition) is 4. The van der Waals surface area contributed by atoms with Gasteiger partial charge in [-0.1, -0.05) is 68.8 Å². The van der Waals surface area contributed by atoms with E-state index in [9.17, 15) is 13.2 Å². The molecule has 1 heterocycles. The fourth-order valence-electron chi connectivity index (χ4n) is 4.62. The molecule has 1 atom stereocenters. The van der Waals surface area contributed by atoms with Crippen molar-refractivity contribution in [3.63, 3.8) is 0 Å². The summed E-state index contributed by atoms with van der Waals surface area (Å²) >= 11 is 0. The number of benzene rings is 2. The maximum Gasteiger partial charge on any atom is 0.264 e. The lowest BCUT2D eigenvalue weighted by Gasteiger charge is -2.27. The number of allylic oxidation sites excluding steroid dienone is 1. The van der Waals surface area contributed by atoms with E-state index in [1.165, 1.54) is 16.7 Å². The molecule has 0 radical (unpaired) electrons. The first-order valence-corrected chi connectivity index (χ1v) is 13.8. The van der Waals surface area contributed by atoms with Gasteiger partial charge >= 0.3 is 0 Å². The van der Waals surface area contributed by atoms with E-state index in [1.807, 2.05) is 19.2 Å². The average Bonchev–Trinajstić information content (AvgIpc) is 3.68. The minimum atomic E-state index is -3.60. The predicted octanol–water partition coefficient (Wildman–Crippen LogP) is 5.74. The summed E-state index contributed by atoms with van der Waals surface area (Å²) in [5, 5.41) is -0.435. The molecule has 1 aliphatic heterocycles. The third-order valence-electron chi connectivity index (χ3n) is 6.73. The van der Waals surface area contributed by atoms with Crippen LogP contribution < -0.4 is 9.62 Å². The highest BCUT2D eigenvalue weighted by Gasteiger charge is 2.37. The van der Waals surface area contributed by atoms with Gasteiger partial charge in [0, 0.05) is 30.4 Å². The summed E-state index contributed by atoms with van der Waals surface area (Å²) < 4.78 is 26.9. The first kappa shape index (κ1) is 24.3. The molecule has 2 aromatic rings. The maximum absolute atomic E-state index is 12.9. The van der Waals surface area contributed by atoms with Gasteiger partial charge in [-0.2, -0.15) is 0 Å². The van der Waals surface area contributed by atoms with Crippen LogP contribution in [0, 0.1) is 5.92 Å². The van der Waals surface area contributed by atoms with Crippen molar-refractivity contribution in [1.82, 2.24) is 4.72 Å². The van der Waals surface area contributed by atoms with E-state index in [4.69, 9.17) is 0 Å². The van der Waals surface area contributed by atoms with Crippen LogP contribution in [0.25, 0.3) is 17.7 Å². The van der Waals surface area contributed by atoms with E-state index < -0.39 is 21.2 Å². The second-order valence-electron chi connectivity index (χ2n) is 9.31. The summed E-state index contributed by atoms with van der Waals surface area (Å²) in [7, 11) is -1.59. The number of carbonyl (C=O) groups excluding carboxylic acids is 1. The molecule has 5 nitrogen and oxygen atoms in total. The van der Waals surface area contributed by atoms with E-state index in [0.29, 0.717) is 30.9 Å². The fraction of sp³-hybridized carbons (Fsp3) is 0.393. The highest BCUT2D eigenvalue weighted by atomic mass is 32.2. The van der Waals surface area contributed by atoms with Crippen LogP contribution in [0.1, 0.15) is 73.0 Å². The van der Waals surface area contributed by atoms with Gasteiger partial charge in [-0.25, -0.2) is 13.1 Å². The minimum Gasteiger partial charge on any atom is -0.370 e. The molecule has 4 rings (SSSR count). The quantitative estimate of drug-likeness (QED) is 0.551. The number of rotatable bonds is 7. The molecular formula is C28H34N2O3S. The number of likely N-dealkylation sites (N-methyl/N-ethyl adjacent to an activating group) is 1. The molecule has 1 saturated carbocycles. The molecule has 1 N–H and O–H groups in total. The van der Waals surface area contributed by atoms with Crippen LogP contribution in [0.2, 0.25) is 0 Å². The molecule has 180 valence electrons. The van der Waals surface area contributed by atoms with Gasteiger partial charge in [0.05, 0.1) is 5.25 Å². The molecule has 1 unspecified atom stereocenters. The van der Waals surface area contributed by atoms with Gasteiger partial charge in [0.2, 0.25) is 10.0 Å². The predicted molar refractivity (Wildman–Crippen MR) is 141 cm³/mol. The molecule has 2 aliphatic rings. The molecule has 0 saturated heterocycles. The molecule has 1 amide bonds. The molecule has 0 spiro atoms. The zero-order valence-electron chi connectivity index (χ0n) is 20.3. The van der Waals surface area contributed by atoms with Crippen LogP contribution >= 0.6 is 0 Å². The highest BCUT2D eigenvalue weighted by molar-refractivity contribution is 7.91. The summed E-state index contributed by atoms with van der Waals surface area (Å²) in [4.78, 5) is 15.0. The second-order valence-corrected chi connectivity index (χ2v) is 11.3. The number of nitrogens with zero attached hydrogens (tertiary/aromatic N) is 1.